The quantitative estimate of drug-likeness (QED) is 0.551. The SMILES string of the molecule is C=CCN(CC(=C)Br)C(=O)c1ccc(N(C)C(=O)C=C)cc1. The molecule has 0 aliphatic carbocycles. The number of nitrogens with zero attached hydrogens (tertiary/aromatic N) is 2. The second-order valence-corrected chi connectivity index (χ2v) is 5.76. The molecule has 116 valence electrons. The number of halogens is 1. The first-order valence-corrected chi connectivity index (χ1v) is 7.43. The summed E-state index contributed by atoms with van der Waals surface area (Å²) >= 11 is 3.26. The van der Waals surface area contributed by atoms with Gasteiger partial charge in [-0.2, -0.15) is 0 Å². The van der Waals surface area contributed by atoms with Crippen molar-refractivity contribution >= 4 is 33.4 Å². The minimum absolute atomic E-state index is 0.121. The molecule has 0 N–H and O–H groups in total. The molecule has 1 aromatic carbocycles. The standard InChI is InChI=1S/C17H19BrN2O2/c1-5-11-20(12-13(3)18)17(22)14-7-9-15(10-8-14)19(4)16(21)6-2/h5-10H,1-3,11-12H2,4H3. The highest BCUT2D eigenvalue weighted by atomic mass is 79.9. The van der Waals surface area contributed by atoms with Crippen molar-refractivity contribution < 1.29 is 9.59 Å². The monoisotopic (exact) mass is 362 g/mol. The van der Waals surface area contributed by atoms with Gasteiger partial charge in [0, 0.05) is 29.3 Å². The van der Waals surface area contributed by atoms with Gasteiger partial charge in [0.25, 0.3) is 5.91 Å². The molecular formula is C17H19BrN2O2. The number of rotatable bonds is 7. The zero-order valence-corrected chi connectivity index (χ0v) is 14.2. The molecule has 4 nitrogen and oxygen atoms in total. The lowest BCUT2D eigenvalue weighted by Crippen LogP contribution is -2.32. The summed E-state index contributed by atoms with van der Waals surface area (Å²) in [5.74, 6) is -0.326. The second kappa shape index (κ2) is 8.34. The lowest BCUT2D eigenvalue weighted by Gasteiger charge is -2.21. The Balaban J connectivity index is 2.94. The number of likely N-dealkylation sites (N-methyl/N-ethyl adjacent to an activating group) is 1. The molecule has 22 heavy (non-hydrogen) atoms. The number of benzene rings is 1. The van der Waals surface area contributed by atoms with Gasteiger partial charge in [-0.3, -0.25) is 9.59 Å². The molecule has 0 unspecified atom stereocenters. The topological polar surface area (TPSA) is 40.6 Å². The largest absolute Gasteiger partial charge is 0.330 e. The van der Waals surface area contributed by atoms with E-state index in [1.807, 2.05) is 0 Å². The molecule has 0 saturated carbocycles. The average molecular weight is 363 g/mol. The number of carbonyl (C=O) groups is 2. The van der Waals surface area contributed by atoms with E-state index in [0.29, 0.717) is 24.3 Å². The molecule has 0 spiro atoms. The minimum Gasteiger partial charge on any atom is -0.330 e. The molecule has 0 radical (unpaired) electrons. The highest BCUT2D eigenvalue weighted by Crippen LogP contribution is 2.16. The molecule has 0 aliphatic heterocycles. The van der Waals surface area contributed by atoms with Crippen LogP contribution in [0.25, 0.3) is 0 Å². The summed E-state index contributed by atoms with van der Waals surface area (Å²) in [6.07, 6.45) is 2.91. The summed E-state index contributed by atoms with van der Waals surface area (Å²) in [4.78, 5) is 27.1. The maximum Gasteiger partial charge on any atom is 0.254 e. The fraction of sp³-hybridized carbons (Fsp3) is 0.176. The molecule has 0 aromatic heterocycles. The Morgan fingerprint density at radius 1 is 1.23 bits per heavy atom. The predicted molar refractivity (Wildman–Crippen MR) is 94.2 cm³/mol. The molecule has 0 atom stereocenters. The van der Waals surface area contributed by atoms with Crippen LogP contribution in [0.4, 0.5) is 5.69 Å². The Morgan fingerprint density at radius 2 is 1.82 bits per heavy atom. The van der Waals surface area contributed by atoms with E-state index < -0.39 is 0 Å². The van der Waals surface area contributed by atoms with Crippen molar-refractivity contribution in [3.63, 3.8) is 0 Å². The smallest absolute Gasteiger partial charge is 0.254 e. The van der Waals surface area contributed by atoms with Crippen molar-refractivity contribution in [3.05, 3.63) is 66.2 Å². The van der Waals surface area contributed by atoms with Crippen LogP contribution in [0, 0.1) is 0 Å². The van der Waals surface area contributed by atoms with Crippen LogP contribution in [0.15, 0.2) is 60.6 Å². The lowest BCUT2D eigenvalue weighted by atomic mass is 10.1. The van der Waals surface area contributed by atoms with Crippen LogP contribution >= 0.6 is 15.9 Å². The van der Waals surface area contributed by atoms with E-state index in [0.717, 1.165) is 4.48 Å². The van der Waals surface area contributed by atoms with Crippen molar-refractivity contribution in [2.75, 3.05) is 25.0 Å². The summed E-state index contributed by atoms with van der Waals surface area (Å²) in [5, 5.41) is 0. The van der Waals surface area contributed by atoms with Gasteiger partial charge in [-0.25, -0.2) is 0 Å². The summed E-state index contributed by atoms with van der Waals surface area (Å²) < 4.78 is 0.718. The van der Waals surface area contributed by atoms with E-state index in [-0.39, 0.29) is 11.8 Å². The van der Waals surface area contributed by atoms with E-state index in [2.05, 4.69) is 35.7 Å². The Morgan fingerprint density at radius 3 is 2.27 bits per heavy atom. The fourth-order valence-corrected chi connectivity index (χ4v) is 2.16. The van der Waals surface area contributed by atoms with Gasteiger partial charge < -0.3 is 9.80 Å². The Kier molecular flexibility index (Phi) is 6.79. The number of hydrogen-bond acceptors (Lipinski definition) is 2. The van der Waals surface area contributed by atoms with Crippen LogP contribution in [-0.4, -0.2) is 36.9 Å². The highest BCUT2D eigenvalue weighted by Gasteiger charge is 2.15. The normalized spacial score (nSPS) is 9.73. The van der Waals surface area contributed by atoms with Gasteiger partial charge in [0.05, 0.1) is 6.54 Å². The maximum atomic E-state index is 12.5. The maximum absolute atomic E-state index is 12.5. The fourth-order valence-electron chi connectivity index (χ4n) is 1.86. The summed E-state index contributed by atoms with van der Waals surface area (Å²) in [7, 11) is 1.65. The molecule has 2 amide bonds. The molecular weight excluding hydrogens is 344 g/mol. The Bertz CT molecular complexity index is 593. The lowest BCUT2D eigenvalue weighted by molar-refractivity contribution is -0.113. The van der Waals surface area contributed by atoms with E-state index in [4.69, 9.17) is 0 Å². The average Bonchev–Trinajstić information content (AvgIpc) is 2.52. The van der Waals surface area contributed by atoms with E-state index in [1.165, 1.54) is 11.0 Å². The molecule has 0 heterocycles. The molecule has 0 aliphatic rings. The van der Waals surface area contributed by atoms with Gasteiger partial charge in [-0.1, -0.05) is 35.2 Å². The first-order valence-electron chi connectivity index (χ1n) is 6.64. The number of carbonyl (C=O) groups excluding carboxylic acids is 2. The number of amides is 2. The minimum atomic E-state index is -0.206. The van der Waals surface area contributed by atoms with Crippen LogP contribution in [0.5, 0.6) is 0 Å². The first kappa shape index (κ1) is 17.9. The van der Waals surface area contributed by atoms with Crippen LogP contribution in [-0.2, 0) is 4.79 Å². The molecule has 5 heteroatoms. The number of hydrogen-bond donors (Lipinski definition) is 0. The van der Waals surface area contributed by atoms with E-state index >= 15 is 0 Å². The first-order chi connectivity index (χ1) is 10.4. The highest BCUT2D eigenvalue weighted by molar-refractivity contribution is 9.11. The predicted octanol–water partition coefficient (Wildman–Crippen LogP) is 3.37. The third-order valence-electron chi connectivity index (χ3n) is 3.01. The van der Waals surface area contributed by atoms with Crippen molar-refractivity contribution in [1.29, 1.82) is 0 Å². The van der Waals surface area contributed by atoms with Gasteiger partial charge >= 0.3 is 0 Å². The van der Waals surface area contributed by atoms with Crippen molar-refractivity contribution in [2.45, 2.75) is 0 Å². The van der Waals surface area contributed by atoms with Gasteiger partial charge in [-0.05, 0) is 30.3 Å². The molecule has 1 aromatic rings. The van der Waals surface area contributed by atoms with Crippen molar-refractivity contribution in [3.8, 4) is 0 Å². The van der Waals surface area contributed by atoms with Crippen LogP contribution < -0.4 is 4.90 Å². The molecule has 0 fully saturated rings. The molecule has 1 rings (SSSR count). The van der Waals surface area contributed by atoms with Gasteiger partial charge in [-0.15, -0.1) is 6.58 Å². The van der Waals surface area contributed by atoms with Gasteiger partial charge in [0.2, 0.25) is 5.91 Å². The molecule has 0 bridgehead atoms. The van der Waals surface area contributed by atoms with Gasteiger partial charge in [0.1, 0.15) is 0 Å². The van der Waals surface area contributed by atoms with Crippen LogP contribution in [0.3, 0.4) is 0 Å². The Labute approximate surface area is 139 Å². The van der Waals surface area contributed by atoms with Crippen LogP contribution in [0.2, 0.25) is 0 Å². The van der Waals surface area contributed by atoms with Crippen molar-refractivity contribution in [1.82, 2.24) is 4.90 Å². The van der Waals surface area contributed by atoms with Gasteiger partial charge in [0.15, 0.2) is 0 Å². The summed E-state index contributed by atoms with van der Waals surface area (Å²) in [6.45, 7) is 11.7. The zero-order chi connectivity index (χ0) is 16.7. The van der Waals surface area contributed by atoms with Crippen molar-refractivity contribution in [2.24, 2.45) is 0 Å². The zero-order valence-electron chi connectivity index (χ0n) is 12.6. The third-order valence-corrected chi connectivity index (χ3v) is 3.26. The number of anilines is 1. The summed E-state index contributed by atoms with van der Waals surface area (Å²) in [5.41, 5.74) is 1.24. The Hall–Kier alpha value is -2.14. The third kappa shape index (κ3) is 4.70. The summed E-state index contributed by atoms with van der Waals surface area (Å²) in [6, 6.07) is 6.84. The van der Waals surface area contributed by atoms with Crippen LogP contribution in [0.1, 0.15) is 10.4 Å². The van der Waals surface area contributed by atoms with E-state index in [1.54, 1.807) is 42.3 Å². The second-order valence-electron chi connectivity index (χ2n) is 4.64. The molecule has 0 saturated heterocycles. The van der Waals surface area contributed by atoms with E-state index in [9.17, 15) is 9.59 Å².